The van der Waals surface area contributed by atoms with Crippen LogP contribution in [0.25, 0.3) is 17.2 Å². The van der Waals surface area contributed by atoms with Gasteiger partial charge in [0.25, 0.3) is 5.56 Å². The van der Waals surface area contributed by atoms with Gasteiger partial charge in [0.15, 0.2) is 17.5 Å². The Morgan fingerprint density at radius 3 is 2.75 bits per heavy atom. The van der Waals surface area contributed by atoms with Gasteiger partial charge in [0.2, 0.25) is 0 Å². The second-order valence-corrected chi connectivity index (χ2v) is 5.71. The summed E-state index contributed by atoms with van der Waals surface area (Å²) in [5.41, 5.74) is 0.902. The molecule has 0 saturated heterocycles. The van der Waals surface area contributed by atoms with Crippen LogP contribution in [0, 0.1) is 18.3 Å². The number of H-pyrrole nitrogens is 1. The number of nitriles is 1. The van der Waals surface area contributed by atoms with E-state index in [1.54, 1.807) is 23.9 Å². The third-order valence-electron chi connectivity index (χ3n) is 3.61. The molecule has 1 N–H and O–H groups in total. The second-order valence-electron chi connectivity index (χ2n) is 5.71. The highest BCUT2D eigenvalue weighted by Crippen LogP contribution is 2.24. The van der Waals surface area contributed by atoms with E-state index in [4.69, 9.17) is 5.26 Å². The monoisotopic (exact) mass is 320 g/mol. The van der Waals surface area contributed by atoms with Gasteiger partial charge < -0.3 is 4.98 Å². The van der Waals surface area contributed by atoms with Gasteiger partial charge in [-0.2, -0.15) is 9.94 Å². The number of aromatic nitrogens is 5. The molecule has 3 heterocycles. The van der Waals surface area contributed by atoms with Gasteiger partial charge >= 0.3 is 0 Å². The van der Waals surface area contributed by atoms with Crippen LogP contribution in [0.3, 0.4) is 0 Å². The van der Waals surface area contributed by atoms with Gasteiger partial charge in [0, 0.05) is 23.4 Å². The van der Waals surface area contributed by atoms with Crippen molar-refractivity contribution in [3.63, 3.8) is 0 Å². The van der Waals surface area contributed by atoms with Gasteiger partial charge in [-0.15, -0.1) is 5.10 Å². The maximum atomic E-state index is 11.8. The molecule has 0 aliphatic heterocycles. The summed E-state index contributed by atoms with van der Waals surface area (Å²) in [6.45, 7) is 5.77. The molecule has 0 aromatic carbocycles. The number of rotatable bonds is 3. The molecule has 24 heavy (non-hydrogen) atoms. The predicted molar refractivity (Wildman–Crippen MR) is 88.8 cm³/mol. The standard InChI is InChI=1S/C17H16N6O/c1-10(2)15-21-16(23(22-15)14-6-4-5-7-19-14)13-8-12(9-18)17(24)20-11(13)3/h4-8,10H,1-3H3,(H,20,24). The molecule has 0 spiro atoms. The Hall–Kier alpha value is -3.27. The van der Waals surface area contributed by atoms with E-state index in [-0.39, 0.29) is 11.5 Å². The molecule has 0 atom stereocenters. The molecule has 3 aromatic rings. The van der Waals surface area contributed by atoms with Crippen molar-refractivity contribution in [2.24, 2.45) is 0 Å². The summed E-state index contributed by atoms with van der Waals surface area (Å²) in [5, 5.41) is 13.7. The Balaban J connectivity index is 2.29. The van der Waals surface area contributed by atoms with Gasteiger partial charge in [-0.3, -0.25) is 4.79 Å². The Morgan fingerprint density at radius 1 is 1.33 bits per heavy atom. The van der Waals surface area contributed by atoms with Crippen molar-refractivity contribution in [1.29, 1.82) is 5.26 Å². The first-order valence-corrected chi connectivity index (χ1v) is 7.54. The van der Waals surface area contributed by atoms with E-state index in [0.717, 1.165) is 0 Å². The molecule has 0 saturated carbocycles. The van der Waals surface area contributed by atoms with Crippen molar-refractivity contribution in [3.05, 3.63) is 57.9 Å². The summed E-state index contributed by atoms with van der Waals surface area (Å²) in [7, 11) is 0. The maximum absolute atomic E-state index is 11.8. The van der Waals surface area contributed by atoms with Gasteiger partial charge in [0.1, 0.15) is 11.6 Å². The predicted octanol–water partition coefficient (Wildman–Crippen LogP) is 2.32. The number of hydrogen-bond donors (Lipinski definition) is 1. The molecular weight excluding hydrogens is 304 g/mol. The minimum absolute atomic E-state index is 0.0391. The molecule has 0 fully saturated rings. The van der Waals surface area contributed by atoms with Gasteiger partial charge in [-0.05, 0) is 25.1 Å². The molecule has 3 rings (SSSR count). The first-order chi connectivity index (χ1) is 11.5. The normalized spacial score (nSPS) is 10.8. The van der Waals surface area contributed by atoms with E-state index in [2.05, 4.69) is 20.1 Å². The van der Waals surface area contributed by atoms with Crippen LogP contribution in [0.5, 0.6) is 0 Å². The number of aryl methyl sites for hydroxylation is 1. The summed E-state index contributed by atoms with van der Waals surface area (Å²) in [4.78, 5) is 23.4. The fourth-order valence-corrected chi connectivity index (χ4v) is 2.32. The smallest absolute Gasteiger partial charge is 0.266 e. The van der Waals surface area contributed by atoms with Gasteiger partial charge in [-0.25, -0.2) is 9.97 Å². The molecule has 7 heteroatoms. The lowest BCUT2D eigenvalue weighted by Crippen LogP contribution is -2.13. The van der Waals surface area contributed by atoms with Crippen LogP contribution in [0.4, 0.5) is 0 Å². The number of nitrogens with one attached hydrogen (secondary N) is 1. The zero-order chi connectivity index (χ0) is 17.3. The van der Waals surface area contributed by atoms with Crippen LogP contribution in [0.15, 0.2) is 35.3 Å². The highest BCUT2D eigenvalue weighted by atomic mass is 16.1. The molecule has 0 aliphatic rings. The Labute approximate surface area is 138 Å². The van der Waals surface area contributed by atoms with Crippen LogP contribution in [-0.4, -0.2) is 24.7 Å². The zero-order valence-corrected chi connectivity index (χ0v) is 13.6. The minimum Gasteiger partial charge on any atom is -0.325 e. The summed E-state index contributed by atoms with van der Waals surface area (Å²) in [6, 6.07) is 8.96. The fraction of sp³-hybridized carbons (Fsp3) is 0.235. The second kappa shape index (κ2) is 6.08. The molecule has 120 valence electrons. The first-order valence-electron chi connectivity index (χ1n) is 7.54. The van der Waals surface area contributed by atoms with E-state index in [1.807, 2.05) is 38.1 Å². The molecule has 0 radical (unpaired) electrons. The van der Waals surface area contributed by atoms with E-state index >= 15 is 0 Å². The molecule has 0 bridgehead atoms. The summed E-state index contributed by atoms with van der Waals surface area (Å²) in [6.07, 6.45) is 1.68. The Morgan fingerprint density at radius 2 is 2.12 bits per heavy atom. The molecule has 7 nitrogen and oxygen atoms in total. The summed E-state index contributed by atoms with van der Waals surface area (Å²) in [5.74, 6) is 1.96. The molecular formula is C17H16N6O. The highest BCUT2D eigenvalue weighted by molar-refractivity contribution is 5.62. The van der Waals surface area contributed by atoms with Crippen LogP contribution >= 0.6 is 0 Å². The zero-order valence-electron chi connectivity index (χ0n) is 13.6. The number of hydrogen-bond acceptors (Lipinski definition) is 5. The van der Waals surface area contributed by atoms with E-state index < -0.39 is 5.56 Å². The largest absolute Gasteiger partial charge is 0.325 e. The number of pyridine rings is 2. The fourth-order valence-electron chi connectivity index (χ4n) is 2.32. The third kappa shape index (κ3) is 2.70. The van der Waals surface area contributed by atoms with Crippen molar-refractivity contribution in [3.8, 4) is 23.3 Å². The van der Waals surface area contributed by atoms with Crippen LogP contribution in [0.2, 0.25) is 0 Å². The molecule has 0 amide bonds. The number of nitrogens with zero attached hydrogens (tertiary/aromatic N) is 5. The van der Waals surface area contributed by atoms with E-state index in [9.17, 15) is 4.79 Å². The lowest BCUT2D eigenvalue weighted by Gasteiger charge is -2.07. The highest BCUT2D eigenvalue weighted by Gasteiger charge is 2.19. The van der Waals surface area contributed by atoms with Crippen LogP contribution in [0.1, 0.15) is 36.8 Å². The third-order valence-corrected chi connectivity index (χ3v) is 3.61. The van der Waals surface area contributed by atoms with E-state index in [1.165, 1.54) is 0 Å². The Kier molecular flexibility index (Phi) is 3.96. The van der Waals surface area contributed by atoms with Crippen molar-refractivity contribution in [2.45, 2.75) is 26.7 Å². The molecule has 3 aromatic heterocycles. The topological polar surface area (TPSA) is 100 Å². The SMILES string of the molecule is Cc1[nH]c(=O)c(C#N)cc1-c1nc(C(C)C)nn1-c1ccccn1. The average Bonchev–Trinajstić information content (AvgIpc) is 3.01. The van der Waals surface area contributed by atoms with Crippen LogP contribution < -0.4 is 5.56 Å². The van der Waals surface area contributed by atoms with E-state index in [0.29, 0.717) is 28.7 Å². The average molecular weight is 320 g/mol. The van der Waals surface area contributed by atoms with Crippen molar-refractivity contribution in [1.82, 2.24) is 24.7 Å². The lowest BCUT2D eigenvalue weighted by atomic mass is 10.1. The Bertz CT molecular complexity index is 979. The van der Waals surface area contributed by atoms with Crippen molar-refractivity contribution >= 4 is 0 Å². The van der Waals surface area contributed by atoms with Crippen LogP contribution in [-0.2, 0) is 0 Å². The minimum atomic E-state index is -0.410. The van der Waals surface area contributed by atoms with Gasteiger partial charge in [-0.1, -0.05) is 19.9 Å². The number of aromatic amines is 1. The summed E-state index contributed by atoms with van der Waals surface area (Å²) >= 11 is 0. The summed E-state index contributed by atoms with van der Waals surface area (Å²) < 4.78 is 1.64. The lowest BCUT2D eigenvalue weighted by molar-refractivity contribution is 0.747. The van der Waals surface area contributed by atoms with Gasteiger partial charge in [0.05, 0.1) is 0 Å². The van der Waals surface area contributed by atoms with Crippen molar-refractivity contribution in [2.75, 3.05) is 0 Å². The quantitative estimate of drug-likeness (QED) is 0.798. The maximum Gasteiger partial charge on any atom is 0.266 e. The molecule has 0 unspecified atom stereocenters. The van der Waals surface area contributed by atoms with Crippen molar-refractivity contribution < 1.29 is 0 Å². The first kappa shape index (κ1) is 15.6. The molecule has 0 aliphatic carbocycles.